The van der Waals surface area contributed by atoms with Gasteiger partial charge in [0.15, 0.2) is 0 Å². The van der Waals surface area contributed by atoms with Crippen LogP contribution in [-0.2, 0) is 12.0 Å². The summed E-state index contributed by atoms with van der Waals surface area (Å²) in [5, 5.41) is 23.3. The van der Waals surface area contributed by atoms with E-state index in [1.165, 1.54) is 12.5 Å². The van der Waals surface area contributed by atoms with Gasteiger partial charge in [-0.25, -0.2) is 4.39 Å². The number of rotatable bonds is 2. The third kappa shape index (κ3) is 2.44. The summed E-state index contributed by atoms with van der Waals surface area (Å²) in [6.07, 6.45) is 4.76. The lowest BCUT2D eigenvalue weighted by Gasteiger charge is -2.45. The van der Waals surface area contributed by atoms with Gasteiger partial charge in [0, 0.05) is 17.6 Å². The molecule has 2 aliphatic rings. The van der Waals surface area contributed by atoms with E-state index in [-0.39, 0.29) is 12.2 Å². The van der Waals surface area contributed by atoms with Crippen molar-refractivity contribution in [2.24, 2.45) is 0 Å². The number of piperidine rings is 2. The van der Waals surface area contributed by atoms with E-state index in [4.69, 9.17) is 5.26 Å². The third-order valence-electron chi connectivity index (χ3n) is 4.60. The highest BCUT2D eigenvalue weighted by Gasteiger charge is 2.41. The van der Waals surface area contributed by atoms with Crippen molar-refractivity contribution in [3.05, 3.63) is 35.1 Å². The van der Waals surface area contributed by atoms with E-state index in [0.29, 0.717) is 30.5 Å². The first-order chi connectivity index (χ1) is 9.60. The van der Waals surface area contributed by atoms with Crippen LogP contribution in [0, 0.1) is 17.1 Å². The van der Waals surface area contributed by atoms with Crippen LogP contribution >= 0.6 is 0 Å². The predicted octanol–water partition coefficient (Wildman–Crippen LogP) is 2.38. The van der Waals surface area contributed by atoms with Gasteiger partial charge in [0.25, 0.3) is 0 Å². The summed E-state index contributed by atoms with van der Waals surface area (Å²) in [5.74, 6) is -0.368. The van der Waals surface area contributed by atoms with E-state index < -0.39 is 5.60 Å². The average molecular weight is 274 g/mol. The van der Waals surface area contributed by atoms with E-state index in [1.54, 1.807) is 12.1 Å². The van der Waals surface area contributed by atoms with E-state index in [9.17, 15) is 9.50 Å². The number of halogens is 1. The number of hydrogen-bond acceptors (Lipinski definition) is 3. The number of aliphatic hydroxyl groups is 1. The molecule has 2 bridgehead atoms. The first-order valence-electron chi connectivity index (χ1n) is 7.25. The Morgan fingerprint density at radius 3 is 2.70 bits per heavy atom. The van der Waals surface area contributed by atoms with Gasteiger partial charge in [-0.3, -0.25) is 0 Å². The zero-order valence-corrected chi connectivity index (χ0v) is 11.4. The molecular formula is C16H19FN2O. The Labute approximate surface area is 118 Å². The second-order valence-electron chi connectivity index (χ2n) is 6.07. The van der Waals surface area contributed by atoms with Crippen molar-refractivity contribution in [2.75, 3.05) is 0 Å². The summed E-state index contributed by atoms with van der Waals surface area (Å²) in [6, 6.07) is 7.37. The number of benzene rings is 1. The van der Waals surface area contributed by atoms with Crippen LogP contribution in [0.5, 0.6) is 0 Å². The molecule has 3 nitrogen and oxygen atoms in total. The summed E-state index contributed by atoms with van der Waals surface area (Å²) in [5.41, 5.74) is 0.239. The van der Waals surface area contributed by atoms with Crippen LogP contribution in [0.3, 0.4) is 0 Å². The van der Waals surface area contributed by atoms with Crippen LogP contribution in [0.4, 0.5) is 4.39 Å². The average Bonchev–Trinajstić information content (AvgIpc) is 2.41. The molecule has 2 saturated heterocycles. The minimum atomic E-state index is -0.890. The van der Waals surface area contributed by atoms with Crippen molar-refractivity contribution in [1.82, 2.24) is 5.32 Å². The van der Waals surface area contributed by atoms with Gasteiger partial charge in [0.1, 0.15) is 5.82 Å². The second-order valence-corrected chi connectivity index (χ2v) is 6.07. The molecule has 0 amide bonds. The summed E-state index contributed by atoms with van der Waals surface area (Å²) >= 11 is 0. The summed E-state index contributed by atoms with van der Waals surface area (Å²) < 4.78 is 13.6. The quantitative estimate of drug-likeness (QED) is 0.870. The van der Waals surface area contributed by atoms with Gasteiger partial charge in [0.05, 0.1) is 18.1 Å². The maximum Gasteiger partial charge on any atom is 0.127 e. The molecule has 2 N–H and O–H groups in total. The van der Waals surface area contributed by atoms with Crippen molar-refractivity contribution in [1.29, 1.82) is 5.26 Å². The van der Waals surface area contributed by atoms with Gasteiger partial charge in [-0.1, -0.05) is 12.5 Å². The lowest BCUT2D eigenvalue weighted by molar-refractivity contribution is -0.0359. The Hall–Kier alpha value is -1.44. The van der Waals surface area contributed by atoms with Crippen LogP contribution in [0.2, 0.25) is 0 Å². The van der Waals surface area contributed by atoms with Crippen LogP contribution in [0.1, 0.15) is 43.2 Å². The first-order valence-corrected chi connectivity index (χ1v) is 7.25. The molecule has 2 fully saturated rings. The molecule has 0 aliphatic carbocycles. The molecule has 2 aliphatic heterocycles. The Kier molecular flexibility index (Phi) is 3.49. The molecule has 4 heteroatoms. The molecule has 2 heterocycles. The molecule has 1 aromatic carbocycles. The molecule has 0 aromatic heterocycles. The van der Waals surface area contributed by atoms with Gasteiger partial charge in [-0.05, 0) is 43.4 Å². The number of nitrogens with zero attached hydrogens (tertiary/aromatic N) is 1. The summed E-state index contributed by atoms with van der Waals surface area (Å²) in [4.78, 5) is 0. The maximum atomic E-state index is 13.6. The Morgan fingerprint density at radius 2 is 2.05 bits per heavy atom. The van der Waals surface area contributed by atoms with Gasteiger partial charge in [-0.2, -0.15) is 5.26 Å². The van der Waals surface area contributed by atoms with Gasteiger partial charge in [-0.15, -0.1) is 0 Å². The molecular weight excluding hydrogens is 255 g/mol. The Bertz CT molecular complexity index is 540. The zero-order valence-electron chi connectivity index (χ0n) is 11.4. The fourth-order valence-corrected chi connectivity index (χ4v) is 3.65. The topological polar surface area (TPSA) is 56.0 Å². The third-order valence-corrected chi connectivity index (χ3v) is 4.60. The molecule has 2 unspecified atom stereocenters. The Morgan fingerprint density at radius 1 is 1.35 bits per heavy atom. The van der Waals surface area contributed by atoms with Crippen LogP contribution < -0.4 is 5.32 Å². The molecule has 106 valence electrons. The molecule has 0 spiro atoms. The van der Waals surface area contributed by atoms with Crippen molar-refractivity contribution >= 4 is 0 Å². The van der Waals surface area contributed by atoms with Crippen molar-refractivity contribution in [3.63, 3.8) is 0 Å². The standard InChI is InChI=1S/C16H19FN2O/c17-15-5-4-12(8-11(15)6-7-18)16(20)9-13-2-1-3-14(10-16)19-13/h4-5,8,13-14,19-20H,1-3,6,9-10H2. The predicted molar refractivity (Wildman–Crippen MR) is 73.4 cm³/mol. The zero-order chi connectivity index (χ0) is 14.2. The molecule has 0 radical (unpaired) electrons. The van der Waals surface area contributed by atoms with E-state index in [1.807, 2.05) is 6.07 Å². The Balaban J connectivity index is 1.91. The van der Waals surface area contributed by atoms with E-state index in [2.05, 4.69) is 5.32 Å². The summed E-state index contributed by atoms with van der Waals surface area (Å²) in [6.45, 7) is 0. The van der Waals surface area contributed by atoms with Crippen molar-refractivity contribution in [2.45, 2.75) is 56.2 Å². The van der Waals surface area contributed by atoms with Crippen molar-refractivity contribution < 1.29 is 9.50 Å². The van der Waals surface area contributed by atoms with Gasteiger partial charge < -0.3 is 10.4 Å². The normalized spacial score (nSPS) is 32.6. The number of hydrogen-bond donors (Lipinski definition) is 2. The minimum absolute atomic E-state index is 0.0425. The largest absolute Gasteiger partial charge is 0.385 e. The molecule has 20 heavy (non-hydrogen) atoms. The molecule has 0 saturated carbocycles. The number of nitriles is 1. The molecule has 2 atom stereocenters. The highest BCUT2D eigenvalue weighted by atomic mass is 19.1. The summed E-state index contributed by atoms with van der Waals surface area (Å²) in [7, 11) is 0. The highest BCUT2D eigenvalue weighted by molar-refractivity contribution is 5.32. The number of nitrogens with one attached hydrogen (secondary N) is 1. The SMILES string of the molecule is N#CCc1cc(C2(O)CC3CCCC(C2)N3)ccc1F. The number of fused-ring (bicyclic) bond motifs is 2. The smallest absolute Gasteiger partial charge is 0.127 e. The molecule has 3 rings (SSSR count). The fraction of sp³-hybridized carbons (Fsp3) is 0.562. The van der Waals surface area contributed by atoms with Crippen LogP contribution in [0.25, 0.3) is 0 Å². The first kappa shape index (κ1) is 13.5. The van der Waals surface area contributed by atoms with E-state index >= 15 is 0 Å². The van der Waals surface area contributed by atoms with Crippen LogP contribution in [0.15, 0.2) is 18.2 Å². The maximum absolute atomic E-state index is 13.6. The monoisotopic (exact) mass is 274 g/mol. The van der Waals surface area contributed by atoms with E-state index in [0.717, 1.165) is 18.4 Å². The molecule has 1 aromatic rings. The van der Waals surface area contributed by atoms with Gasteiger partial charge in [0.2, 0.25) is 0 Å². The lowest BCUT2D eigenvalue weighted by Crippen LogP contribution is -2.54. The van der Waals surface area contributed by atoms with Crippen LogP contribution in [-0.4, -0.2) is 17.2 Å². The second kappa shape index (κ2) is 5.16. The van der Waals surface area contributed by atoms with Gasteiger partial charge >= 0.3 is 0 Å². The van der Waals surface area contributed by atoms with Crippen molar-refractivity contribution in [3.8, 4) is 6.07 Å². The fourth-order valence-electron chi connectivity index (χ4n) is 3.65. The minimum Gasteiger partial charge on any atom is -0.385 e. The lowest BCUT2D eigenvalue weighted by atomic mass is 9.73. The highest BCUT2D eigenvalue weighted by Crippen LogP contribution is 2.40.